The quantitative estimate of drug-likeness (QED) is 0.0379. The smallest absolute Gasteiger partial charge is 0.308 e. The second-order valence-corrected chi connectivity index (χ2v) is 17.7. The molecule has 0 fully saturated rings. The number of nitrogens with two attached hydrogens (primary N) is 2. The van der Waals surface area contributed by atoms with Crippen LogP contribution in [0, 0.1) is 35.1 Å². The van der Waals surface area contributed by atoms with Crippen LogP contribution >= 0.6 is 0 Å². The number of halogens is 4. The number of para-hydroxylation sites is 4. The van der Waals surface area contributed by atoms with Crippen LogP contribution in [0.3, 0.4) is 0 Å². The largest absolute Gasteiger partial charge is 0.469 e. The van der Waals surface area contributed by atoms with E-state index in [1.54, 1.807) is 24.3 Å². The summed E-state index contributed by atoms with van der Waals surface area (Å²) in [5, 5.41) is 5.25. The molecule has 6 atom stereocenters. The van der Waals surface area contributed by atoms with Gasteiger partial charge >= 0.3 is 11.9 Å². The van der Waals surface area contributed by atoms with E-state index in [-0.39, 0.29) is 11.0 Å². The molecule has 0 aliphatic heterocycles. The lowest BCUT2D eigenvalue weighted by Gasteiger charge is -2.42. The van der Waals surface area contributed by atoms with Gasteiger partial charge in [0.1, 0.15) is 23.5 Å². The van der Waals surface area contributed by atoms with Crippen molar-refractivity contribution in [2.24, 2.45) is 23.3 Å². The van der Waals surface area contributed by atoms with E-state index >= 15 is 31.9 Å². The van der Waals surface area contributed by atoms with E-state index in [0.29, 0.717) is 35.0 Å². The minimum atomic E-state index is -4.00. The standard InChI is InChI=1S/C53H52F4N6O11/c1-27(2)43(58)49(68)62-37(25-41(64)71-5)47(66)52(73-45-31(54)15-11-16-32(45)55,39-23-21-29-13-7-9-19-35(29)60-39)51(70)53(74-46-33(56)17-12-18-34(46)57,40-24-22-30-14-8-10-20-36(30)61-40)48(67)38(26-42(65)72-6)63-50(69)44(59)28(3)4/h7-24,27-28,37-38,43-44H,25-26,58-59H2,1-6H3,(H,62,68)(H,63,69)/t37-,38-,43-,44-,52?,53?/m0/s1. The Kier molecular flexibility index (Phi) is 17.2. The van der Waals surface area contributed by atoms with Crippen LogP contribution in [0.15, 0.2) is 109 Å². The molecule has 0 spiro atoms. The molecular formula is C53H52F4N6O11. The monoisotopic (exact) mass is 1020 g/mol. The number of carbonyl (C=O) groups excluding carboxylic acids is 7. The van der Waals surface area contributed by atoms with Crippen molar-refractivity contribution in [1.29, 1.82) is 0 Å². The summed E-state index contributed by atoms with van der Waals surface area (Å²) in [6.07, 6.45) is -2.38. The number of Topliss-reactive ketones (excluding diaryl/α,β-unsaturated/α-hetero) is 3. The molecule has 0 radical (unpaired) electrons. The van der Waals surface area contributed by atoms with Crippen LogP contribution in [-0.2, 0) is 54.2 Å². The summed E-state index contributed by atoms with van der Waals surface area (Å²) < 4.78 is 88.0. The molecule has 17 nitrogen and oxygen atoms in total. The van der Waals surface area contributed by atoms with E-state index < -0.39 is 147 Å². The number of nitrogens with one attached hydrogen (secondary N) is 2. The Morgan fingerprint density at radius 2 is 0.851 bits per heavy atom. The topological polar surface area (TPSA) is 258 Å². The number of nitrogens with zero attached hydrogens (tertiary/aromatic N) is 2. The van der Waals surface area contributed by atoms with Gasteiger partial charge in [-0.3, -0.25) is 33.6 Å². The number of benzene rings is 4. The first-order valence-corrected chi connectivity index (χ1v) is 23.0. The fraction of sp³-hybridized carbons (Fsp3) is 0.302. The van der Waals surface area contributed by atoms with E-state index in [4.69, 9.17) is 30.4 Å². The Bertz CT molecular complexity index is 2900. The van der Waals surface area contributed by atoms with Crippen molar-refractivity contribution in [2.45, 2.75) is 75.9 Å². The van der Waals surface area contributed by atoms with Gasteiger partial charge in [0.15, 0.2) is 34.8 Å². The van der Waals surface area contributed by atoms with Gasteiger partial charge in [-0.1, -0.05) is 88.4 Å². The average Bonchev–Trinajstić information content (AvgIpc) is 3.39. The van der Waals surface area contributed by atoms with Crippen LogP contribution in [-0.4, -0.2) is 89.5 Å². The van der Waals surface area contributed by atoms with Crippen molar-refractivity contribution in [3.63, 3.8) is 0 Å². The summed E-state index contributed by atoms with van der Waals surface area (Å²) >= 11 is 0. The van der Waals surface area contributed by atoms with Crippen LogP contribution in [0.5, 0.6) is 11.5 Å². The van der Waals surface area contributed by atoms with Crippen molar-refractivity contribution in [3.05, 3.63) is 144 Å². The Morgan fingerprint density at radius 1 is 0.514 bits per heavy atom. The van der Waals surface area contributed by atoms with Gasteiger partial charge < -0.3 is 41.0 Å². The maximum atomic E-state index is 17.3. The minimum absolute atomic E-state index is 0.0525. The number of rotatable bonds is 22. The predicted octanol–water partition coefficient (Wildman–Crippen LogP) is 5.36. The van der Waals surface area contributed by atoms with Gasteiger partial charge in [-0.05, 0) is 60.4 Å². The zero-order valence-corrected chi connectivity index (χ0v) is 40.8. The van der Waals surface area contributed by atoms with Crippen LogP contribution in [0.25, 0.3) is 21.8 Å². The SMILES string of the molecule is COC(=O)C[C@H](NC(=O)[C@@H](N)C(C)C)C(=O)C(Oc1c(F)cccc1F)(C(=O)C(Oc1c(F)cccc1F)(C(=O)[C@H](CC(=O)OC)NC(=O)[C@@H](N)C(C)C)c1ccc2ccccc2n1)c1ccc2ccccc2n1. The molecule has 0 saturated carbocycles. The molecule has 0 bridgehead atoms. The normalized spacial score (nSPS) is 14.7. The lowest BCUT2D eigenvalue weighted by Crippen LogP contribution is -2.68. The van der Waals surface area contributed by atoms with E-state index in [1.807, 2.05) is 0 Å². The predicted molar refractivity (Wildman–Crippen MR) is 259 cm³/mol. The molecule has 2 aromatic heterocycles. The molecule has 0 saturated heterocycles. The van der Waals surface area contributed by atoms with Gasteiger partial charge in [0.05, 0.1) is 50.2 Å². The van der Waals surface area contributed by atoms with Gasteiger partial charge in [-0.15, -0.1) is 0 Å². The number of hydrogen-bond acceptors (Lipinski definition) is 15. The zero-order chi connectivity index (χ0) is 54.2. The number of esters is 2. The van der Waals surface area contributed by atoms with Crippen molar-refractivity contribution < 1.29 is 70.1 Å². The summed E-state index contributed by atoms with van der Waals surface area (Å²) in [5.41, 5.74) is 2.42. The first kappa shape index (κ1) is 55.1. The Hall–Kier alpha value is -8.17. The van der Waals surface area contributed by atoms with Crippen molar-refractivity contribution in [1.82, 2.24) is 20.6 Å². The molecule has 2 heterocycles. The summed E-state index contributed by atoms with van der Waals surface area (Å²) in [6, 6.07) is 13.2. The molecule has 6 N–H and O–H groups in total. The second kappa shape index (κ2) is 23.1. The zero-order valence-electron chi connectivity index (χ0n) is 40.8. The first-order chi connectivity index (χ1) is 35.1. The van der Waals surface area contributed by atoms with Crippen LogP contribution < -0.4 is 31.6 Å². The molecule has 2 unspecified atom stereocenters. The number of amides is 2. The fourth-order valence-corrected chi connectivity index (χ4v) is 7.80. The number of methoxy groups -OCH3 is 2. The highest BCUT2D eigenvalue weighted by molar-refractivity contribution is 6.25. The number of ketones is 3. The molecule has 74 heavy (non-hydrogen) atoms. The van der Waals surface area contributed by atoms with Gasteiger partial charge in [0.25, 0.3) is 11.2 Å². The molecule has 6 aromatic rings. The summed E-state index contributed by atoms with van der Waals surface area (Å²) in [4.78, 5) is 114. The van der Waals surface area contributed by atoms with Crippen molar-refractivity contribution >= 4 is 62.9 Å². The molecule has 21 heteroatoms. The molecule has 6 rings (SSSR count). The summed E-state index contributed by atoms with van der Waals surface area (Å²) in [6.45, 7) is 6.13. The highest BCUT2D eigenvalue weighted by Gasteiger charge is 2.68. The molecule has 4 aromatic carbocycles. The fourth-order valence-electron chi connectivity index (χ4n) is 7.80. The van der Waals surface area contributed by atoms with Gasteiger partial charge in [0.2, 0.25) is 29.2 Å². The molecule has 388 valence electrons. The van der Waals surface area contributed by atoms with E-state index in [0.717, 1.165) is 38.5 Å². The number of pyridine rings is 2. The third-order valence-corrected chi connectivity index (χ3v) is 12.1. The number of aromatic nitrogens is 2. The van der Waals surface area contributed by atoms with Crippen LogP contribution in [0.2, 0.25) is 0 Å². The van der Waals surface area contributed by atoms with Crippen LogP contribution in [0.1, 0.15) is 51.9 Å². The lowest BCUT2D eigenvalue weighted by molar-refractivity contribution is -0.170. The molecule has 0 aliphatic carbocycles. The van der Waals surface area contributed by atoms with Gasteiger partial charge in [-0.25, -0.2) is 27.5 Å². The maximum absolute atomic E-state index is 17.3. The third-order valence-electron chi connectivity index (χ3n) is 12.1. The number of fused-ring (bicyclic) bond motifs is 2. The molecule has 0 aliphatic rings. The number of ether oxygens (including phenoxy) is 4. The van der Waals surface area contributed by atoms with E-state index in [9.17, 15) is 19.2 Å². The second-order valence-electron chi connectivity index (χ2n) is 17.7. The minimum Gasteiger partial charge on any atom is -0.469 e. The van der Waals surface area contributed by atoms with E-state index in [2.05, 4.69) is 20.6 Å². The Morgan fingerprint density at radius 3 is 1.18 bits per heavy atom. The first-order valence-electron chi connectivity index (χ1n) is 23.0. The van der Waals surface area contributed by atoms with Gasteiger partial charge in [-0.2, -0.15) is 0 Å². The average molecular weight is 1030 g/mol. The Balaban J connectivity index is 1.89. The molecule has 2 amide bonds. The highest BCUT2D eigenvalue weighted by Crippen LogP contribution is 2.45. The number of carbonyl (C=O) groups is 7. The maximum Gasteiger partial charge on any atom is 0.308 e. The lowest BCUT2D eigenvalue weighted by atomic mass is 9.72. The summed E-state index contributed by atoms with van der Waals surface area (Å²) in [5.74, 6) is -21.3. The third kappa shape index (κ3) is 11.2. The van der Waals surface area contributed by atoms with Crippen molar-refractivity contribution in [2.75, 3.05) is 14.2 Å². The highest BCUT2D eigenvalue weighted by atomic mass is 19.1. The summed E-state index contributed by atoms with van der Waals surface area (Å²) in [7, 11) is 1.82. The van der Waals surface area contributed by atoms with E-state index in [1.165, 1.54) is 64.1 Å². The number of hydrogen-bond donors (Lipinski definition) is 4. The van der Waals surface area contributed by atoms with Crippen LogP contribution in [0.4, 0.5) is 17.6 Å². The molecular weight excluding hydrogens is 973 g/mol. The van der Waals surface area contributed by atoms with Crippen molar-refractivity contribution in [3.8, 4) is 11.5 Å². The van der Waals surface area contributed by atoms with Gasteiger partial charge in [0, 0.05) is 10.8 Å². The Labute approximate surface area is 421 Å².